The lowest BCUT2D eigenvalue weighted by molar-refractivity contribution is -0.150. The highest BCUT2D eigenvalue weighted by atomic mass is 16.6. The van der Waals surface area contributed by atoms with Gasteiger partial charge in [0.25, 0.3) is 0 Å². The SMILES string of the molecule is CCCCCCCCc1cccc(C(=O)C(OC)C(=O)OC)c1C(=O)C(OC)C(=O)OC. The van der Waals surface area contributed by atoms with E-state index in [2.05, 4.69) is 16.4 Å². The van der Waals surface area contributed by atoms with Crippen LogP contribution in [0, 0.1) is 0 Å². The van der Waals surface area contributed by atoms with Crippen LogP contribution in [0.1, 0.15) is 71.7 Å². The fourth-order valence-electron chi connectivity index (χ4n) is 3.51. The van der Waals surface area contributed by atoms with Crippen molar-refractivity contribution in [3.8, 4) is 0 Å². The van der Waals surface area contributed by atoms with Gasteiger partial charge in [-0.05, 0) is 18.4 Å². The maximum atomic E-state index is 13.3. The molecule has 8 nitrogen and oxygen atoms in total. The van der Waals surface area contributed by atoms with Crippen LogP contribution in [-0.4, -0.2) is 64.2 Å². The van der Waals surface area contributed by atoms with Crippen molar-refractivity contribution in [2.45, 2.75) is 64.1 Å². The lowest BCUT2D eigenvalue weighted by atomic mass is 9.88. The fraction of sp³-hybridized carbons (Fsp3) is 0.583. The Balaban J connectivity index is 3.36. The minimum Gasteiger partial charge on any atom is -0.467 e. The smallest absolute Gasteiger partial charge is 0.343 e. The van der Waals surface area contributed by atoms with Crippen molar-refractivity contribution in [1.82, 2.24) is 0 Å². The zero-order chi connectivity index (χ0) is 24.1. The van der Waals surface area contributed by atoms with Gasteiger partial charge in [0.05, 0.1) is 14.2 Å². The van der Waals surface area contributed by atoms with Crippen molar-refractivity contribution in [3.63, 3.8) is 0 Å². The molecule has 0 saturated carbocycles. The predicted molar refractivity (Wildman–Crippen MR) is 118 cm³/mol. The normalized spacial score (nSPS) is 12.7. The summed E-state index contributed by atoms with van der Waals surface area (Å²) in [6.07, 6.45) is 3.79. The molecule has 178 valence electrons. The summed E-state index contributed by atoms with van der Waals surface area (Å²) in [4.78, 5) is 50.5. The molecule has 0 aromatic heterocycles. The van der Waals surface area contributed by atoms with E-state index in [1.807, 2.05) is 0 Å². The molecular formula is C24H34O8. The summed E-state index contributed by atoms with van der Waals surface area (Å²) in [6.45, 7) is 2.15. The molecule has 0 fully saturated rings. The highest BCUT2D eigenvalue weighted by molar-refractivity contribution is 6.20. The molecule has 0 spiro atoms. The number of carbonyl (C=O) groups is 4. The Bertz CT molecular complexity index is 786. The van der Waals surface area contributed by atoms with Gasteiger partial charge >= 0.3 is 11.9 Å². The number of benzene rings is 1. The van der Waals surface area contributed by atoms with Gasteiger partial charge in [-0.15, -0.1) is 0 Å². The first kappa shape index (κ1) is 27.5. The molecule has 0 saturated heterocycles. The van der Waals surface area contributed by atoms with E-state index in [4.69, 9.17) is 9.47 Å². The van der Waals surface area contributed by atoms with Gasteiger partial charge in [-0.2, -0.15) is 0 Å². The molecule has 2 atom stereocenters. The van der Waals surface area contributed by atoms with Crippen molar-refractivity contribution < 1.29 is 38.1 Å². The molecule has 0 heterocycles. The lowest BCUT2D eigenvalue weighted by Crippen LogP contribution is -2.37. The number of hydrogen-bond donors (Lipinski definition) is 0. The minimum absolute atomic E-state index is 0.0262. The number of ether oxygens (including phenoxy) is 4. The Morgan fingerprint density at radius 2 is 1.28 bits per heavy atom. The molecule has 0 aliphatic rings. The Morgan fingerprint density at radius 1 is 0.750 bits per heavy atom. The minimum atomic E-state index is -1.53. The van der Waals surface area contributed by atoms with E-state index in [0.29, 0.717) is 12.0 Å². The molecule has 0 bridgehead atoms. The highest BCUT2D eigenvalue weighted by Gasteiger charge is 2.36. The Hall–Kier alpha value is -2.58. The summed E-state index contributed by atoms with van der Waals surface area (Å²) in [5.41, 5.74) is 0.609. The van der Waals surface area contributed by atoms with E-state index < -0.39 is 35.7 Å². The second kappa shape index (κ2) is 14.5. The topological polar surface area (TPSA) is 105 Å². The van der Waals surface area contributed by atoms with Gasteiger partial charge in [0.1, 0.15) is 0 Å². The van der Waals surface area contributed by atoms with Gasteiger partial charge in [-0.3, -0.25) is 9.59 Å². The first-order valence-corrected chi connectivity index (χ1v) is 10.8. The molecule has 1 rings (SSSR count). The molecule has 0 aliphatic carbocycles. The Morgan fingerprint density at radius 3 is 1.81 bits per heavy atom. The van der Waals surface area contributed by atoms with E-state index in [0.717, 1.165) is 46.3 Å². The summed E-state index contributed by atoms with van der Waals surface area (Å²) < 4.78 is 19.4. The number of unbranched alkanes of at least 4 members (excludes halogenated alkanes) is 5. The van der Waals surface area contributed by atoms with Gasteiger partial charge in [-0.25, -0.2) is 9.59 Å². The molecule has 0 amide bonds. The first-order chi connectivity index (χ1) is 15.4. The molecule has 0 aliphatic heterocycles. The van der Waals surface area contributed by atoms with Gasteiger partial charge in [0, 0.05) is 25.3 Å². The third-order valence-corrected chi connectivity index (χ3v) is 5.24. The van der Waals surface area contributed by atoms with Crippen LogP contribution >= 0.6 is 0 Å². The van der Waals surface area contributed by atoms with E-state index in [-0.39, 0.29) is 11.1 Å². The van der Waals surface area contributed by atoms with Crippen molar-refractivity contribution in [2.75, 3.05) is 28.4 Å². The lowest BCUT2D eigenvalue weighted by Gasteiger charge is -2.19. The van der Waals surface area contributed by atoms with E-state index in [1.165, 1.54) is 26.7 Å². The quantitative estimate of drug-likeness (QED) is 0.173. The predicted octanol–water partition coefficient (Wildman–Crippen LogP) is 3.33. The largest absolute Gasteiger partial charge is 0.467 e. The van der Waals surface area contributed by atoms with Gasteiger partial charge in [0.2, 0.25) is 23.8 Å². The third-order valence-electron chi connectivity index (χ3n) is 5.24. The maximum Gasteiger partial charge on any atom is 0.343 e. The number of ketones is 2. The average molecular weight is 451 g/mol. The Kier molecular flexibility index (Phi) is 12.4. The number of rotatable bonds is 15. The maximum absolute atomic E-state index is 13.3. The third kappa shape index (κ3) is 7.24. The van der Waals surface area contributed by atoms with Gasteiger partial charge < -0.3 is 18.9 Å². The summed E-state index contributed by atoms with van der Waals surface area (Å²) in [7, 11) is 4.70. The van der Waals surface area contributed by atoms with E-state index in [9.17, 15) is 19.2 Å². The number of carbonyl (C=O) groups excluding carboxylic acids is 4. The number of aryl methyl sites for hydroxylation is 1. The van der Waals surface area contributed by atoms with Crippen LogP contribution in [0.15, 0.2) is 18.2 Å². The highest BCUT2D eigenvalue weighted by Crippen LogP contribution is 2.23. The molecule has 0 radical (unpaired) electrons. The summed E-state index contributed by atoms with van der Waals surface area (Å²) in [5, 5.41) is 0. The summed E-state index contributed by atoms with van der Waals surface area (Å²) >= 11 is 0. The molecule has 8 heteroatoms. The first-order valence-electron chi connectivity index (χ1n) is 10.8. The number of methoxy groups -OCH3 is 4. The van der Waals surface area contributed by atoms with Crippen LogP contribution in [0.3, 0.4) is 0 Å². The number of Topliss-reactive ketones (excluding diaryl/α,β-unsaturated/α-hetero) is 2. The van der Waals surface area contributed by atoms with Crippen molar-refractivity contribution in [1.29, 1.82) is 0 Å². The fourth-order valence-corrected chi connectivity index (χ4v) is 3.51. The molecule has 1 aromatic rings. The van der Waals surface area contributed by atoms with Gasteiger partial charge in [-0.1, -0.05) is 57.2 Å². The van der Waals surface area contributed by atoms with Gasteiger partial charge in [0.15, 0.2) is 0 Å². The summed E-state index contributed by atoms with van der Waals surface area (Å²) in [6, 6.07) is 4.81. The Labute approximate surface area is 189 Å². The molecule has 0 N–H and O–H groups in total. The van der Waals surface area contributed by atoms with Crippen LogP contribution in [0.4, 0.5) is 0 Å². The van der Waals surface area contributed by atoms with Crippen LogP contribution in [0.25, 0.3) is 0 Å². The molecule has 32 heavy (non-hydrogen) atoms. The average Bonchev–Trinajstić information content (AvgIpc) is 2.81. The number of esters is 2. The van der Waals surface area contributed by atoms with Crippen molar-refractivity contribution >= 4 is 23.5 Å². The van der Waals surface area contributed by atoms with Crippen LogP contribution < -0.4 is 0 Å². The number of hydrogen-bond acceptors (Lipinski definition) is 8. The van der Waals surface area contributed by atoms with Crippen LogP contribution in [0.2, 0.25) is 0 Å². The molecule has 1 aromatic carbocycles. The van der Waals surface area contributed by atoms with E-state index in [1.54, 1.807) is 12.1 Å². The standard InChI is InChI=1S/C24H34O8/c1-6-7-8-9-10-11-13-16-14-12-15-17(19(25)21(29-2)23(27)31-4)18(16)20(26)22(30-3)24(28)32-5/h12,14-15,21-22H,6-11,13H2,1-5H3. The van der Waals surface area contributed by atoms with Crippen molar-refractivity contribution in [3.05, 3.63) is 34.9 Å². The summed E-state index contributed by atoms with van der Waals surface area (Å²) in [5.74, 6) is -3.19. The second-order valence-corrected chi connectivity index (χ2v) is 7.36. The van der Waals surface area contributed by atoms with Crippen LogP contribution in [0.5, 0.6) is 0 Å². The second-order valence-electron chi connectivity index (χ2n) is 7.36. The molecular weight excluding hydrogens is 416 g/mol. The zero-order valence-electron chi connectivity index (χ0n) is 19.6. The van der Waals surface area contributed by atoms with Crippen LogP contribution in [-0.2, 0) is 35.0 Å². The zero-order valence-corrected chi connectivity index (χ0v) is 19.6. The van der Waals surface area contributed by atoms with E-state index >= 15 is 0 Å². The monoisotopic (exact) mass is 450 g/mol. The van der Waals surface area contributed by atoms with Crippen molar-refractivity contribution in [2.24, 2.45) is 0 Å². The molecule has 2 unspecified atom stereocenters.